The van der Waals surface area contributed by atoms with Gasteiger partial charge in [-0.3, -0.25) is 0 Å². The van der Waals surface area contributed by atoms with E-state index in [1.807, 2.05) is 6.33 Å². The number of nitrogens with zero attached hydrogens (tertiary/aromatic N) is 2. The van der Waals surface area contributed by atoms with E-state index in [2.05, 4.69) is 54.0 Å². The lowest BCUT2D eigenvalue weighted by molar-refractivity contribution is 1.16. The fourth-order valence-electron chi connectivity index (χ4n) is 1.66. The van der Waals surface area contributed by atoms with Crippen molar-refractivity contribution in [3.63, 3.8) is 0 Å². The molecule has 2 rings (SSSR count). The largest absolute Gasteiger partial charge is 0.359 e. The molecule has 1 aromatic heterocycles. The van der Waals surface area contributed by atoms with Crippen LogP contribution in [-0.4, -0.2) is 17.5 Å². The molecule has 2 aromatic rings. The van der Waals surface area contributed by atoms with Crippen molar-refractivity contribution < 1.29 is 0 Å². The first kappa shape index (κ1) is 9.46. The summed E-state index contributed by atoms with van der Waals surface area (Å²) in [6, 6.07) is 6.47. The third-order valence-corrected chi connectivity index (χ3v) is 4.23. The summed E-state index contributed by atoms with van der Waals surface area (Å²) < 4.78 is 2.35. The summed E-state index contributed by atoms with van der Waals surface area (Å²) in [6.45, 7) is 9.09. The minimum atomic E-state index is -1.31. The van der Waals surface area contributed by atoms with Gasteiger partial charge in [0.05, 0.1) is 17.4 Å². The molecule has 0 atom stereocenters. The molecule has 0 unspecified atom stereocenters. The van der Waals surface area contributed by atoms with Gasteiger partial charge >= 0.3 is 0 Å². The number of fused-ring (bicyclic) bond motifs is 1. The number of imidazole rings is 1. The molecule has 0 aliphatic carbocycles. The summed E-state index contributed by atoms with van der Waals surface area (Å²) in [4.78, 5) is 4.44. The molecular weight excluding hydrogens is 188 g/mol. The highest BCUT2D eigenvalue weighted by molar-refractivity contribution is 6.75. The molecule has 1 heterocycles. The van der Waals surface area contributed by atoms with Crippen molar-refractivity contribution in [1.82, 2.24) is 9.22 Å². The second-order valence-corrected chi connectivity index (χ2v) is 9.60. The Hall–Kier alpha value is -1.09. The van der Waals surface area contributed by atoms with Crippen LogP contribution in [0, 0.1) is 6.92 Å². The SMILES string of the molecule is Cc1ccc2c(c1)ncn2[Si](C)(C)C. The minimum absolute atomic E-state index is 1.12. The fraction of sp³-hybridized carbons (Fsp3) is 0.364. The summed E-state index contributed by atoms with van der Waals surface area (Å²) in [5.74, 6) is 0. The average Bonchev–Trinajstić information content (AvgIpc) is 2.45. The van der Waals surface area contributed by atoms with E-state index in [9.17, 15) is 0 Å². The van der Waals surface area contributed by atoms with E-state index in [0.717, 1.165) is 5.52 Å². The number of aryl methyl sites for hydroxylation is 1. The van der Waals surface area contributed by atoms with Gasteiger partial charge in [0, 0.05) is 0 Å². The van der Waals surface area contributed by atoms with Crippen molar-refractivity contribution in [2.75, 3.05) is 0 Å². The van der Waals surface area contributed by atoms with Gasteiger partial charge in [-0.2, -0.15) is 0 Å². The van der Waals surface area contributed by atoms with Crippen molar-refractivity contribution in [3.8, 4) is 0 Å². The quantitative estimate of drug-likeness (QED) is 0.653. The second-order valence-electron chi connectivity index (χ2n) is 4.78. The maximum Gasteiger partial charge on any atom is 0.154 e. The number of hydrogen-bond donors (Lipinski definition) is 0. The van der Waals surface area contributed by atoms with E-state index < -0.39 is 8.24 Å². The lowest BCUT2D eigenvalue weighted by atomic mass is 10.2. The zero-order valence-corrected chi connectivity index (χ0v) is 10.2. The van der Waals surface area contributed by atoms with Gasteiger partial charge in [0.25, 0.3) is 0 Å². The lowest BCUT2D eigenvalue weighted by Gasteiger charge is -2.18. The number of aromatic nitrogens is 2. The Bertz CT molecular complexity index is 466. The monoisotopic (exact) mass is 204 g/mol. The van der Waals surface area contributed by atoms with Crippen molar-refractivity contribution in [3.05, 3.63) is 30.1 Å². The van der Waals surface area contributed by atoms with Gasteiger partial charge in [-0.05, 0) is 24.6 Å². The fourth-order valence-corrected chi connectivity index (χ4v) is 2.97. The van der Waals surface area contributed by atoms with E-state index in [-0.39, 0.29) is 0 Å². The Morgan fingerprint density at radius 3 is 2.57 bits per heavy atom. The molecule has 0 spiro atoms. The first-order valence-corrected chi connectivity index (χ1v) is 8.37. The molecule has 2 nitrogen and oxygen atoms in total. The van der Waals surface area contributed by atoms with Crippen molar-refractivity contribution in [1.29, 1.82) is 0 Å². The Morgan fingerprint density at radius 1 is 1.21 bits per heavy atom. The number of benzene rings is 1. The summed E-state index contributed by atoms with van der Waals surface area (Å²) in [6.07, 6.45) is 1.98. The van der Waals surface area contributed by atoms with Crippen LogP contribution in [0.3, 0.4) is 0 Å². The molecule has 0 bridgehead atoms. The third kappa shape index (κ3) is 1.48. The van der Waals surface area contributed by atoms with Gasteiger partial charge < -0.3 is 4.23 Å². The van der Waals surface area contributed by atoms with Crippen LogP contribution in [0.25, 0.3) is 11.0 Å². The Morgan fingerprint density at radius 2 is 1.93 bits per heavy atom. The predicted molar refractivity (Wildman–Crippen MR) is 63.2 cm³/mol. The highest BCUT2D eigenvalue weighted by Crippen LogP contribution is 2.18. The van der Waals surface area contributed by atoms with Crippen LogP contribution in [0.4, 0.5) is 0 Å². The van der Waals surface area contributed by atoms with E-state index in [4.69, 9.17) is 0 Å². The molecule has 0 saturated heterocycles. The normalized spacial score (nSPS) is 12.3. The molecule has 0 N–H and O–H groups in total. The van der Waals surface area contributed by atoms with Crippen LogP contribution in [0.5, 0.6) is 0 Å². The van der Waals surface area contributed by atoms with Crippen LogP contribution >= 0.6 is 0 Å². The number of rotatable bonds is 1. The summed E-state index contributed by atoms with van der Waals surface area (Å²) in [5.41, 5.74) is 3.67. The van der Waals surface area contributed by atoms with Crippen molar-refractivity contribution in [2.24, 2.45) is 0 Å². The van der Waals surface area contributed by atoms with E-state index in [1.165, 1.54) is 11.1 Å². The van der Waals surface area contributed by atoms with E-state index in [0.29, 0.717) is 0 Å². The standard InChI is InChI=1S/C11H16N2Si/c1-9-5-6-11-10(7-9)12-8-13(11)14(2,3)4/h5-8H,1-4H3. The Labute approximate surface area is 85.7 Å². The van der Waals surface area contributed by atoms with E-state index >= 15 is 0 Å². The van der Waals surface area contributed by atoms with Gasteiger partial charge in [0.15, 0.2) is 8.24 Å². The minimum Gasteiger partial charge on any atom is -0.359 e. The van der Waals surface area contributed by atoms with Crippen LogP contribution < -0.4 is 0 Å². The first-order valence-electron chi connectivity index (χ1n) is 4.93. The summed E-state index contributed by atoms with van der Waals surface area (Å²) >= 11 is 0. The van der Waals surface area contributed by atoms with Gasteiger partial charge in [0.1, 0.15) is 0 Å². The molecule has 1 aromatic carbocycles. The Kier molecular flexibility index (Phi) is 1.99. The predicted octanol–water partition coefficient (Wildman–Crippen LogP) is 3.03. The van der Waals surface area contributed by atoms with Crippen molar-refractivity contribution in [2.45, 2.75) is 26.6 Å². The highest BCUT2D eigenvalue weighted by Gasteiger charge is 2.18. The molecule has 0 saturated carbocycles. The molecule has 0 aliphatic rings. The molecule has 0 fully saturated rings. The zero-order valence-electron chi connectivity index (χ0n) is 9.20. The van der Waals surface area contributed by atoms with Gasteiger partial charge in [-0.15, -0.1) is 0 Å². The van der Waals surface area contributed by atoms with Crippen LogP contribution in [0.15, 0.2) is 24.5 Å². The molecule has 3 heteroatoms. The molecule has 74 valence electrons. The summed E-state index contributed by atoms with van der Waals surface area (Å²) in [7, 11) is -1.31. The average molecular weight is 204 g/mol. The van der Waals surface area contributed by atoms with Gasteiger partial charge in [-0.25, -0.2) is 4.98 Å². The summed E-state index contributed by atoms with van der Waals surface area (Å²) in [5, 5.41) is 0. The van der Waals surface area contributed by atoms with Crippen LogP contribution in [0.1, 0.15) is 5.56 Å². The maximum absolute atomic E-state index is 4.44. The van der Waals surface area contributed by atoms with Crippen LogP contribution in [-0.2, 0) is 0 Å². The molecule has 0 aliphatic heterocycles. The van der Waals surface area contributed by atoms with Gasteiger partial charge in [-0.1, -0.05) is 25.7 Å². The lowest BCUT2D eigenvalue weighted by Crippen LogP contribution is -2.30. The second kappa shape index (κ2) is 2.95. The Balaban J connectivity index is 2.70. The van der Waals surface area contributed by atoms with Gasteiger partial charge in [0.2, 0.25) is 0 Å². The molecular formula is C11H16N2Si. The first-order chi connectivity index (χ1) is 6.48. The molecule has 14 heavy (non-hydrogen) atoms. The maximum atomic E-state index is 4.44. The van der Waals surface area contributed by atoms with E-state index in [1.54, 1.807) is 0 Å². The van der Waals surface area contributed by atoms with Crippen LogP contribution in [0.2, 0.25) is 19.6 Å². The third-order valence-electron chi connectivity index (χ3n) is 2.43. The zero-order chi connectivity index (χ0) is 10.3. The molecule has 0 amide bonds. The van der Waals surface area contributed by atoms with Crippen molar-refractivity contribution >= 4 is 19.3 Å². The molecule has 0 radical (unpaired) electrons. The number of hydrogen-bond acceptors (Lipinski definition) is 1. The highest BCUT2D eigenvalue weighted by atomic mass is 28.3. The smallest absolute Gasteiger partial charge is 0.154 e. The topological polar surface area (TPSA) is 17.8 Å².